The lowest BCUT2D eigenvalue weighted by atomic mass is 10.1. The van der Waals surface area contributed by atoms with Crippen molar-refractivity contribution in [1.29, 1.82) is 0 Å². The first-order chi connectivity index (χ1) is 11.6. The Balaban J connectivity index is 1.70. The average molecular weight is 356 g/mol. The van der Waals surface area contributed by atoms with Gasteiger partial charge in [0.05, 0.1) is 12.1 Å². The second-order valence-corrected chi connectivity index (χ2v) is 7.19. The highest BCUT2D eigenvalue weighted by atomic mass is 32.2. The minimum atomic E-state index is -0.673. The number of hydrogen-bond acceptors (Lipinski definition) is 4. The Bertz CT molecular complexity index is 793. The molecule has 0 aromatic heterocycles. The van der Waals surface area contributed by atoms with Crippen molar-refractivity contribution in [3.05, 3.63) is 65.7 Å². The molecule has 1 atom stereocenters. The van der Waals surface area contributed by atoms with E-state index in [1.54, 1.807) is 0 Å². The van der Waals surface area contributed by atoms with Gasteiger partial charge in [-0.25, -0.2) is 0 Å². The molecule has 6 heteroatoms. The molecule has 1 fully saturated rings. The molecule has 1 unspecified atom stereocenters. The lowest BCUT2D eigenvalue weighted by Crippen LogP contribution is -2.41. The molecule has 2 aromatic rings. The maximum absolute atomic E-state index is 12.7. The van der Waals surface area contributed by atoms with Crippen LogP contribution in [-0.2, 0) is 16.0 Å². The first-order valence-corrected chi connectivity index (χ1v) is 8.78. The third-order valence-electron chi connectivity index (χ3n) is 3.70. The fraction of sp³-hybridized carbons (Fsp3) is 0.167. The van der Waals surface area contributed by atoms with Crippen molar-refractivity contribution in [2.45, 2.75) is 18.7 Å². The molecule has 0 bridgehead atoms. The number of nitrogens with one attached hydrogen (secondary N) is 1. The number of benzene rings is 2. The number of hydrogen-bond donors (Lipinski definition) is 1. The smallest absolute Gasteiger partial charge is 0.266 e. The Morgan fingerprint density at radius 1 is 1.17 bits per heavy atom. The highest BCUT2D eigenvalue weighted by Gasteiger charge is 2.39. The quantitative estimate of drug-likeness (QED) is 0.856. The largest absolute Gasteiger partial charge is 0.335 e. The Labute approximate surface area is 150 Å². The van der Waals surface area contributed by atoms with E-state index in [1.165, 1.54) is 16.7 Å². The van der Waals surface area contributed by atoms with Crippen LogP contribution in [0, 0.1) is 6.92 Å². The zero-order valence-electron chi connectivity index (χ0n) is 13.1. The number of rotatable bonds is 4. The zero-order valence-corrected chi connectivity index (χ0v) is 14.7. The Hall–Kier alpha value is -2.18. The normalized spacial score (nSPS) is 17.2. The predicted octanol–water partition coefficient (Wildman–Crippen LogP) is 3.04. The van der Waals surface area contributed by atoms with Gasteiger partial charge in [0, 0.05) is 0 Å². The van der Waals surface area contributed by atoms with Crippen molar-refractivity contribution in [2.24, 2.45) is 0 Å². The van der Waals surface area contributed by atoms with E-state index in [9.17, 15) is 9.59 Å². The summed E-state index contributed by atoms with van der Waals surface area (Å²) >= 11 is 6.54. The summed E-state index contributed by atoms with van der Waals surface area (Å²) in [5.41, 5.74) is 2.63. The first kappa shape index (κ1) is 16.7. The molecular formula is C18H16N2O2S2. The van der Waals surface area contributed by atoms with Crippen molar-refractivity contribution in [1.82, 2.24) is 5.32 Å². The molecule has 4 nitrogen and oxygen atoms in total. The monoisotopic (exact) mass is 356 g/mol. The molecule has 0 radical (unpaired) electrons. The Morgan fingerprint density at radius 3 is 2.54 bits per heavy atom. The van der Waals surface area contributed by atoms with Crippen LogP contribution in [0.15, 0.2) is 54.6 Å². The van der Waals surface area contributed by atoms with Crippen molar-refractivity contribution < 1.29 is 9.59 Å². The molecule has 0 spiro atoms. The van der Waals surface area contributed by atoms with Gasteiger partial charge in [-0.3, -0.25) is 14.5 Å². The fourth-order valence-corrected chi connectivity index (χ4v) is 3.88. The van der Waals surface area contributed by atoms with E-state index >= 15 is 0 Å². The van der Waals surface area contributed by atoms with Gasteiger partial charge in [-0.1, -0.05) is 72.5 Å². The van der Waals surface area contributed by atoms with Gasteiger partial charge in [-0.05, 0) is 24.1 Å². The second-order valence-electron chi connectivity index (χ2n) is 5.45. The van der Waals surface area contributed by atoms with Gasteiger partial charge in [0.25, 0.3) is 5.91 Å². The minimum absolute atomic E-state index is 0.193. The summed E-state index contributed by atoms with van der Waals surface area (Å²) in [6, 6.07) is 17.0. The van der Waals surface area contributed by atoms with Gasteiger partial charge in [0.1, 0.15) is 4.32 Å². The van der Waals surface area contributed by atoms with Crippen LogP contribution in [0.5, 0.6) is 0 Å². The summed E-state index contributed by atoms with van der Waals surface area (Å²) < 4.78 is 0.458. The number of carbonyl (C=O) groups is 2. The molecule has 0 aliphatic carbocycles. The summed E-state index contributed by atoms with van der Waals surface area (Å²) in [6.45, 7) is 1.93. The molecule has 2 amide bonds. The molecule has 0 saturated carbocycles. The van der Waals surface area contributed by atoms with E-state index in [2.05, 4.69) is 5.32 Å². The highest BCUT2D eigenvalue weighted by molar-refractivity contribution is 8.25. The zero-order chi connectivity index (χ0) is 17.1. The van der Waals surface area contributed by atoms with E-state index < -0.39 is 5.37 Å². The molecule has 1 saturated heterocycles. The molecule has 3 rings (SSSR count). The number of aryl methyl sites for hydroxylation is 1. The Morgan fingerprint density at radius 2 is 1.83 bits per heavy atom. The van der Waals surface area contributed by atoms with Crippen molar-refractivity contribution in [3.8, 4) is 0 Å². The number of thiocarbonyl (C=S) groups is 1. The lowest BCUT2D eigenvalue weighted by molar-refractivity contribution is -0.124. The summed E-state index contributed by atoms with van der Waals surface area (Å²) in [6.07, 6.45) is 0.238. The average Bonchev–Trinajstić information content (AvgIpc) is 2.83. The van der Waals surface area contributed by atoms with Crippen molar-refractivity contribution in [3.63, 3.8) is 0 Å². The van der Waals surface area contributed by atoms with Crippen LogP contribution in [-0.4, -0.2) is 21.5 Å². The minimum Gasteiger partial charge on any atom is -0.335 e. The molecule has 1 aliphatic rings. The van der Waals surface area contributed by atoms with Crippen molar-refractivity contribution >= 4 is 45.8 Å². The van der Waals surface area contributed by atoms with E-state index in [4.69, 9.17) is 12.2 Å². The number of carbonyl (C=O) groups excluding carboxylic acids is 2. The number of anilines is 1. The Kier molecular flexibility index (Phi) is 4.97. The van der Waals surface area contributed by atoms with Crippen LogP contribution in [0.1, 0.15) is 11.1 Å². The van der Waals surface area contributed by atoms with Gasteiger partial charge in [-0.2, -0.15) is 0 Å². The van der Waals surface area contributed by atoms with Gasteiger partial charge in [0.15, 0.2) is 5.37 Å². The number of nitrogens with zero attached hydrogens (tertiary/aromatic N) is 1. The molecule has 2 aromatic carbocycles. The molecule has 1 aliphatic heterocycles. The summed E-state index contributed by atoms with van der Waals surface area (Å²) in [4.78, 5) is 26.4. The molecule has 24 heavy (non-hydrogen) atoms. The van der Waals surface area contributed by atoms with Gasteiger partial charge < -0.3 is 5.32 Å². The number of amides is 2. The fourth-order valence-electron chi connectivity index (χ4n) is 2.51. The third kappa shape index (κ3) is 3.49. The third-order valence-corrected chi connectivity index (χ3v) is 5.11. The summed E-state index contributed by atoms with van der Waals surface area (Å²) in [5, 5.41) is 2.10. The predicted molar refractivity (Wildman–Crippen MR) is 101 cm³/mol. The SMILES string of the molecule is Cc1ccccc1N1C(=O)C(NC(=O)Cc2ccccc2)SC1=S. The van der Waals surface area contributed by atoms with Gasteiger partial charge >= 0.3 is 0 Å². The molecule has 122 valence electrons. The maximum Gasteiger partial charge on any atom is 0.266 e. The second kappa shape index (κ2) is 7.15. The lowest BCUT2D eigenvalue weighted by Gasteiger charge is -2.18. The number of thioether (sulfide) groups is 1. The van der Waals surface area contributed by atoms with Crippen LogP contribution in [0.3, 0.4) is 0 Å². The van der Waals surface area contributed by atoms with E-state index in [0.29, 0.717) is 4.32 Å². The van der Waals surface area contributed by atoms with Crippen LogP contribution >= 0.6 is 24.0 Å². The van der Waals surface area contributed by atoms with E-state index in [0.717, 1.165) is 16.8 Å². The molecule has 1 heterocycles. The van der Waals surface area contributed by atoms with E-state index in [-0.39, 0.29) is 18.2 Å². The maximum atomic E-state index is 12.7. The standard InChI is InChI=1S/C18H16N2O2S2/c1-12-7-5-6-10-14(12)20-17(22)16(24-18(20)23)19-15(21)11-13-8-3-2-4-9-13/h2-10,16H,11H2,1H3,(H,19,21). The van der Waals surface area contributed by atoms with Gasteiger partial charge in [0.2, 0.25) is 5.91 Å². The highest BCUT2D eigenvalue weighted by Crippen LogP contribution is 2.32. The van der Waals surface area contributed by atoms with Crippen molar-refractivity contribution in [2.75, 3.05) is 4.90 Å². The van der Waals surface area contributed by atoms with Crippen LogP contribution in [0.2, 0.25) is 0 Å². The van der Waals surface area contributed by atoms with Crippen LogP contribution < -0.4 is 10.2 Å². The summed E-state index contributed by atoms with van der Waals surface area (Å²) in [7, 11) is 0. The number of para-hydroxylation sites is 1. The topological polar surface area (TPSA) is 49.4 Å². The van der Waals surface area contributed by atoms with Crippen LogP contribution in [0.4, 0.5) is 5.69 Å². The van der Waals surface area contributed by atoms with Crippen LogP contribution in [0.25, 0.3) is 0 Å². The molecule has 1 N–H and O–H groups in total. The summed E-state index contributed by atoms with van der Waals surface area (Å²) in [5.74, 6) is -0.401. The first-order valence-electron chi connectivity index (χ1n) is 7.50. The van der Waals surface area contributed by atoms with Gasteiger partial charge in [-0.15, -0.1) is 0 Å². The van der Waals surface area contributed by atoms with E-state index in [1.807, 2.05) is 61.5 Å². The molecular weight excluding hydrogens is 340 g/mol.